The average Bonchev–Trinajstić information content (AvgIpc) is 3.83. The normalized spacial score (nSPS) is 12.8. The van der Waals surface area contributed by atoms with Gasteiger partial charge in [0.2, 0.25) is 5.88 Å². The highest BCUT2D eigenvalue weighted by Crippen LogP contribution is 2.46. The van der Waals surface area contributed by atoms with Crippen molar-refractivity contribution in [2.45, 2.75) is 0 Å². The van der Waals surface area contributed by atoms with E-state index in [2.05, 4.69) is 173 Å². The lowest BCUT2D eigenvalue weighted by atomic mass is 9.35. The smallest absolute Gasteiger partial charge is 0.262 e. The molecule has 0 aliphatic carbocycles. The standard InChI is InChI=1S/C54H31BN4O2/c1-3-20-38-36(18-1)50(43-30-49-51-54(57-43)61-48-28-14-9-23-42(48)55(51)41-22-8-13-27-47(41)60-49)37-19-2-4-21-39(37)52(38)59-46-26-12-7-17-35(46)40-29-32(31-56-53(40)59)58-44-24-10-5-15-33(44)34-16-6-11-25-45(34)58/h1-31H. The van der Waals surface area contributed by atoms with Crippen LogP contribution in [-0.4, -0.2) is 25.8 Å². The molecule has 0 amide bonds. The zero-order valence-corrected chi connectivity index (χ0v) is 32.6. The third-order valence-electron chi connectivity index (χ3n) is 12.9. The number of aromatic nitrogens is 4. The van der Waals surface area contributed by atoms with Crippen LogP contribution in [0.1, 0.15) is 0 Å². The van der Waals surface area contributed by atoms with Gasteiger partial charge in [-0.3, -0.25) is 4.57 Å². The SMILES string of the molecule is c1ccc2c(c1)Oc1cc(-c3c4ccccc4c(-n4c5ccccc5c5cc(-n6c7ccccc7c7ccccc76)cnc54)c4ccccc34)nc3c1B2c1ccccc1O3. The van der Waals surface area contributed by atoms with Gasteiger partial charge >= 0.3 is 0 Å². The van der Waals surface area contributed by atoms with E-state index >= 15 is 0 Å². The summed E-state index contributed by atoms with van der Waals surface area (Å²) in [6, 6.07) is 64.3. The summed E-state index contributed by atoms with van der Waals surface area (Å²) in [6.07, 6.45) is 2.03. The number of ether oxygens (including phenoxy) is 2. The predicted octanol–water partition coefficient (Wildman–Crippen LogP) is 11.4. The number of fused-ring (bicyclic) bond motifs is 12. The molecular weight excluding hydrogens is 747 g/mol. The highest BCUT2D eigenvalue weighted by Gasteiger charge is 2.41. The molecule has 2 aliphatic rings. The van der Waals surface area contributed by atoms with Crippen LogP contribution in [-0.2, 0) is 0 Å². The molecule has 8 aromatic carbocycles. The lowest BCUT2D eigenvalue weighted by molar-refractivity contribution is 0.451. The van der Waals surface area contributed by atoms with E-state index < -0.39 is 0 Å². The molecule has 0 saturated heterocycles. The van der Waals surface area contributed by atoms with E-state index in [0.717, 1.165) is 111 Å². The molecule has 14 rings (SSSR count). The van der Waals surface area contributed by atoms with Crippen molar-refractivity contribution in [2.75, 3.05) is 0 Å². The molecule has 6 nitrogen and oxygen atoms in total. The Morgan fingerprint density at radius 2 is 0.918 bits per heavy atom. The molecule has 0 unspecified atom stereocenters. The highest BCUT2D eigenvalue weighted by molar-refractivity contribution is 6.98. The minimum atomic E-state index is -0.0458. The first-order valence-electron chi connectivity index (χ1n) is 20.7. The van der Waals surface area contributed by atoms with E-state index in [1.807, 2.05) is 24.4 Å². The zero-order chi connectivity index (χ0) is 39.8. The van der Waals surface area contributed by atoms with Crippen molar-refractivity contribution in [1.82, 2.24) is 19.1 Å². The number of rotatable bonds is 3. The van der Waals surface area contributed by atoms with Gasteiger partial charge in [-0.25, -0.2) is 9.97 Å². The van der Waals surface area contributed by atoms with Gasteiger partial charge < -0.3 is 14.0 Å². The molecule has 0 atom stereocenters. The summed E-state index contributed by atoms with van der Waals surface area (Å²) >= 11 is 0. The van der Waals surface area contributed by atoms with Crippen LogP contribution in [0.3, 0.4) is 0 Å². The minimum Gasteiger partial charge on any atom is -0.458 e. The molecule has 0 radical (unpaired) electrons. The van der Waals surface area contributed by atoms with Crippen LogP contribution < -0.4 is 25.9 Å². The van der Waals surface area contributed by atoms with Crippen molar-refractivity contribution in [2.24, 2.45) is 0 Å². The zero-order valence-electron chi connectivity index (χ0n) is 32.6. The molecular formula is C54H31BN4O2. The molecule has 0 N–H and O–H groups in total. The van der Waals surface area contributed by atoms with Crippen LogP contribution >= 0.6 is 0 Å². The first-order chi connectivity index (χ1) is 30.3. The summed E-state index contributed by atoms with van der Waals surface area (Å²) in [5, 5.41) is 9.02. The molecule has 0 spiro atoms. The summed E-state index contributed by atoms with van der Waals surface area (Å²) in [7, 11) is 0. The van der Waals surface area contributed by atoms with Gasteiger partial charge in [-0.15, -0.1) is 0 Å². The molecule has 61 heavy (non-hydrogen) atoms. The molecule has 0 saturated carbocycles. The van der Waals surface area contributed by atoms with Crippen LogP contribution in [0.15, 0.2) is 188 Å². The monoisotopic (exact) mass is 778 g/mol. The van der Waals surface area contributed by atoms with Crippen LogP contribution in [0.4, 0.5) is 0 Å². The molecule has 7 heteroatoms. The predicted molar refractivity (Wildman–Crippen MR) is 249 cm³/mol. The second-order valence-electron chi connectivity index (χ2n) is 16.0. The van der Waals surface area contributed by atoms with Gasteiger partial charge in [0.25, 0.3) is 6.71 Å². The van der Waals surface area contributed by atoms with Crippen molar-refractivity contribution < 1.29 is 9.47 Å². The second kappa shape index (κ2) is 12.2. The third-order valence-corrected chi connectivity index (χ3v) is 12.9. The fraction of sp³-hybridized carbons (Fsp3) is 0. The number of nitrogens with zero attached hydrogens (tertiary/aromatic N) is 4. The maximum Gasteiger partial charge on any atom is 0.262 e. The quantitative estimate of drug-likeness (QED) is 0.132. The lowest BCUT2D eigenvalue weighted by Gasteiger charge is -2.32. The number of hydrogen-bond donors (Lipinski definition) is 0. The third kappa shape index (κ3) is 4.47. The Morgan fingerprint density at radius 3 is 1.54 bits per heavy atom. The Morgan fingerprint density at radius 1 is 0.426 bits per heavy atom. The van der Waals surface area contributed by atoms with E-state index in [1.165, 1.54) is 10.8 Å². The van der Waals surface area contributed by atoms with Crippen LogP contribution in [0.5, 0.6) is 23.1 Å². The minimum absolute atomic E-state index is 0.0458. The second-order valence-corrected chi connectivity index (χ2v) is 16.0. The van der Waals surface area contributed by atoms with Crippen molar-refractivity contribution in [3.8, 4) is 45.8 Å². The first-order valence-corrected chi connectivity index (χ1v) is 20.7. The average molecular weight is 779 g/mol. The summed E-state index contributed by atoms with van der Waals surface area (Å²) < 4.78 is 18.1. The Labute approximate surface area is 349 Å². The molecule has 4 aromatic heterocycles. The molecule has 2 aliphatic heterocycles. The number of benzene rings is 8. The van der Waals surface area contributed by atoms with Gasteiger partial charge in [0.15, 0.2) is 0 Å². The number of hydrogen-bond acceptors (Lipinski definition) is 4. The summed E-state index contributed by atoms with van der Waals surface area (Å²) in [5.41, 5.74) is 11.4. The Kier molecular flexibility index (Phi) is 6.55. The van der Waals surface area contributed by atoms with Gasteiger partial charge in [-0.2, -0.15) is 0 Å². The molecule has 6 heterocycles. The van der Waals surface area contributed by atoms with Crippen LogP contribution in [0.2, 0.25) is 0 Å². The Bertz CT molecular complexity index is 3690. The maximum atomic E-state index is 6.75. The van der Waals surface area contributed by atoms with Crippen LogP contribution in [0.25, 0.3) is 87.9 Å². The van der Waals surface area contributed by atoms with Crippen molar-refractivity contribution in [3.63, 3.8) is 0 Å². The van der Waals surface area contributed by atoms with E-state index in [9.17, 15) is 0 Å². The Hall–Kier alpha value is -8.16. The molecule has 12 aromatic rings. The number of para-hydroxylation sites is 5. The van der Waals surface area contributed by atoms with Crippen molar-refractivity contribution in [1.29, 1.82) is 0 Å². The fourth-order valence-electron chi connectivity index (χ4n) is 10.4. The van der Waals surface area contributed by atoms with Crippen molar-refractivity contribution in [3.05, 3.63) is 188 Å². The van der Waals surface area contributed by atoms with Crippen LogP contribution in [0, 0.1) is 0 Å². The van der Waals surface area contributed by atoms with Gasteiger partial charge in [-0.05, 0) is 58.1 Å². The van der Waals surface area contributed by atoms with E-state index in [4.69, 9.17) is 19.4 Å². The largest absolute Gasteiger partial charge is 0.458 e. The van der Waals surface area contributed by atoms with Gasteiger partial charge in [-0.1, -0.05) is 140 Å². The maximum absolute atomic E-state index is 6.75. The van der Waals surface area contributed by atoms with E-state index in [-0.39, 0.29) is 6.71 Å². The first kappa shape index (κ1) is 32.8. The van der Waals surface area contributed by atoms with Gasteiger partial charge in [0, 0.05) is 49.4 Å². The highest BCUT2D eigenvalue weighted by atomic mass is 16.5. The summed E-state index contributed by atoms with van der Waals surface area (Å²) in [6.45, 7) is -0.0458. The van der Waals surface area contributed by atoms with Crippen molar-refractivity contribution >= 4 is 88.4 Å². The number of pyridine rings is 2. The molecule has 0 bridgehead atoms. The summed E-state index contributed by atoms with van der Waals surface area (Å²) in [4.78, 5) is 10.8. The fourth-order valence-corrected chi connectivity index (χ4v) is 10.4. The topological polar surface area (TPSA) is 54.1 Å². The summed E-state index contributed by atoms with van der Waals surface area (Å²) in [5.74, 6) is 3.01. The van der Waals surface area contributed by atoms with E-state index in [1.54, 1.807) is 0 Å². The van der Waals surface area contributed by atoms with Gasteiger partial charge in [0.05, 0.1) is 39.8 Å². The Balaban J connectivity index is 1.03. The molecule has 282 valence electrons. The van der Waals surface area contributed by atoms with Gasteiger partial charge in [0.1, 0.15) is 22.9 Å². The molecule has 0 fully saturated rings. The van der Waals surface area contributed by atoms with E-state index in [0.29, 0.717) is 5.88 Å². The lowest BCUT2D eigenvalue weighted by Crippen LogP contribution is -2.57.